The van der Waals surface area contributed by atoms with E-state index in [1.54, 1.807) is 11.8 Å². The zero-order chi connectivity index (χ0) is 16.0. The number of nitrogens with zero attached hydrogens (tertiary/aromatic N) is 1. The summed E-state index contributed by atoms with van der Waals surface area (Å²) in [6.07, 6.45) is 3.90. The van der Waals surface area contributed by atoms with Gasteiger partial charge in [-0.05, 0) is 31.2 Å². The molecule has 6 nitrogen and oxygen atoms in total. The number of rotatable bonds is 7. The molecule has 116 valence electrons. The number of benzene rings is 1. The first-order chi connectivity index (χ1) is 9.89. The largest absolute Gasteiger partial charge is 0.393 e. The fraction of sp³-hybridized carbons (Fsp3) is 0.500. The van der Waals surface area contributed by atoms with Gasteiger partial charge in [0.05, 0.1) is 4.92 Å². The van der Waals surface area contributed by atoms with Crippen molar-refractivity contribution < 1.29 is 9.72 Å². The van der Waals surface area contributed by atoms with Crippen LogP contribution in [0.25, 0.3) is 0 Å². The first-order valence-corrected chi connectivity index (χ1v) is 7.99. The fourth-order valence-corrected chi connectivity index (χ4v) is 2.84. The van der Waals surface area contributed by atoms with Crippen LogP contribution in [0.1, 0.15) is 37.0 Å². The summed E-state index contributed by atoms with van der Waals surface area (Å²) >= 11 is 1.72. The molecule has 1 amide bonds. The minimum absolute atomic E-state index is 0.00456. The predicted octanol–water partition coefficient (Wildman–Crippen LogP) is 2.83. The Kier molecular flexibility index (Phi) is 6.02. The molecule has 0 saturated heterocycles. The maximum atomic E-state index is 12.1. The lowest BCUT2D eigenvalue weighted by Gasteiger charge is -2.29. The van der Waals surface area contributed by atoms with Crippen molar-refractivity contribution in [3.63, 3.8) is 0 Å². The number of carbonyl (C=O) groups is 1. The number of amides is 1. The average molecular weight is 311 g/mol. The average Bonchev–Trinajstić information content (AvgIpc) is 2.49. The van der Waals surface area contributed by atoms with E-state index < -0.39 is 4.92 Å². The Bertz CT molecular complexity index is 522. The van der Waals surface area contributed by atoms with E-state index in [4.69, 9.17) is 5.73 Å². The molecule has 7 heteroatoms. The summed E-state index contributed by atoms with van der Waals surface area (Å²) in [5, 5.41) is 13.7. The molecule has 0 spiro atoms. The van der Waals surface area contributed by atoms with Crippen LogP contribution in [-0.2, 0) is 0 Å². The van der Waals surface area contributed by atoms with Gasteiger partial charge in [-0.25, -0.2) is 0 Å². The van der Waals surface area contributed by atoms with E-state index in [1.165, 1.54) is 18.2 Å². The third-order valence-electron chi connectivity index (χ3n) is 3.78. The highest BCUT2D eigenvalue weighted by Crippen LogP contribution is 2.29. The second-order valence-corrected chi connectivity index (χ2v) is 6.08. The number of nitrogen functional groups attached to an aromatic ring is 1. The number of hydrogen-bond acceptors (Lipinski definition) is 5. The van der Waals surface area contributed by atoms with Gasteiger partial charge in [0.2, 0.25) is 0 Å². The molecule has 0 saturated carbocycles. The number of anilines is 1. The number of nitro groups is 1. The quantitative estimate of drug-likeness (QED) is 0.458. The molecule has 0 aliphatic heterocycles. The summed E-state index contributed by atoms with van der Waals surface area (Å²) in [5.74, 6) is -0.321. The molecular formula is C14H21N3O3S. The van der Waals surface area contributed by atoms with Crippen LogP contribution in [0.3, 0.4) is 0 Å². The smallest absolute Gasteiger partial charge is 0.292 e. The Hall–Kier alpha value is -1.76. The number of nitrogens with one attached hydrogen (secondary N) is 1. The van der Waals surface area contributed by atoms with E-state index in [0.29, 0.717) is 6.54 Å². The van der Waals surface area contributed by atoms with Crippen LogP contribution in [0.2, 0.25) is 0 Å². The molecule has 1 rings (SSSR count). The van der Waals surface area contributed by atoms with Gasteiger partial charge in [0.15, 0.2) is 0 Å². The van der Waals surface area contributed by atoms with Gasteiger partial charge in [-0.3, -0.25) is 14.9 Å². The highest BCUT2D eigenvalue weighted by Gasteiger charge is 2.26. The third-order valence-corrected chi connectivity index (χ3v) is 5.37. The fourth-order valence-electron chi connectivity index (χ4n) is 2.05. The van der Waals surface area contributed by atoms with Crippen molar-refractivity contribution >= 4 is 29.0 Å². The SMILES string of the molecule is CCC(CC)(CNC(=O)c1ccc(N)c([N+](=O)[O-])c1)SC. The van der Waals surface area contributed by atoms with Crippen molar-refractivity contribution in [3.05, 3.63) is 33.9 Å². The Morgan fingerprint density at radius 3 is 2.52 bits per heavy atom. The second-order valence-electron chi connectivity index (χ2n) is 4.81. The van der Waals surface area contributed by atoms with Crippen molar-refractivity contribution in [2.24, 2.45) is 0 Å². The van der Waals surface area contributed by atoms with Gasteiger partial charge >= 0.3 is 0 Å². The van der Waals surface area contributed by atoms with Crippen LogP contribution in [-0.4, -0.2) is 28.4 Å². The normalized spacial score (nSPS) is 11.2. The van der Waals surface area contributed by atoms with Crippen molar-refractivity contribution in [2.75, 3.05) is 18.5 Å². The van der Waals surface area contributed by atoms with Crippen LogP contribution in [0.15, 0.2) is 18.2 Å². The topological polar surface area (TPSA) is 98.3 Å². The van der Waals surface area contributed by atoms with Crippen LogP contribution < -0.4 is 11.1 Å². The van der Waals surface area contributed by atoms with Gasteiger partial charge in [-0.2, -0.15) is 11.8 Å². The predicted molar refractivity (Wildman–Crippen MR) is 86.7 cm³/mol. The summed E-state index contributed by atoms with van der Waals surface area (Å²) in [5.41, 5.74) is 5.58. The molecule has 0 aliphatic carbocycles. The van der Waals surface area contributed by atoms with Crippen LogP contribution >= 0.6 is 11.8 Å². The first-order valence-electron chi connectivity index (χ1n) is 6.76. The summed E-state index contributed by atoms with van der Waals surface area (Å²) in [4.78, 5) is 22.4. The van der Waals surface area contributed by atoms with Crippen LogP contribution in [0.5, 0.6) is 0 Å². The molecule has 0 aromatic heterocycles. The zero-order valence-electron chi connectivity index (χ0n) is 12.5. The lowest BCUT2D eigenvalue weighted by Crippen LogP contribution is -2.39. The lowest BCUT2D eigenvalue weighted by molar-refractivity contribution is -0.383. The molecular weight excluding hydrogens is 290 g/mol. The maximum Gasteiger partial charge on any atom is 0.292 e. The Balaban J connectivity index is 2.85. The Morgan fingerprint density at radius 1 is 1.43 bits per heavy atom. The molecule has 3 N–H and O–H groups in total. The number of nitrogens with two attached hydrogens (primary N) is 1. The van der Waals surface area contributed by atoms with Gasteiger partial charge in [0.1, 0.15) is 5.69 Å². The standard InChI is InChI=1S/C14H21N3O3S/c1-4-14(5-2,21-3)9-16-13(18)10-6-7-11(15)12(8-10)17(19)20/h6-8H,4-5,9,15H2,1-3H3,(H,16,18). The minimum atomic E-state index is -0.587. The van der Waals surface area contributed by atoms with E-state index in [9.17, 15) is 14.9 Å². The van der Waals surface area contributed by atoms with Gasteiger partial charge in [0.25, 0.3) is 11.6 Å². The lowest BCUT2D eigenvalue weighted by atomic mass is 10.0. The molecule has 0 unspecified atom stereocenters. The van der Waals surface area contributed by atoms with E-state index in [-0.39, 0.29) is 27.6 Å². The highest BCUT2D eigenvalue weighted by atomic mass is 32.2. The van der Waals surface area contributed by atoms with Crippen LogP contribution in [0.4, 0.5) is 11.4 Å². The summed E-state index contributed by atoms with van der Waals surface area (Å²) in [7, 11) is 0. The Morgan fingerprint density at radius 2 is 2.05 bits per heavy atom. The second kappa shape index (κ2) is 7.31. The summed E-state index contributed by atoms with van der Waals surface area (Å²) in [6, 6.07) is 4.09. The first kappa shape index (κ1) is 17.3. The van der Waals surface area contributed by atoms with Crippen molar-refractivity contribution in [3.8, 4) is 0 Å². The van der Waals surface area contributed by atoms with Crippen LogP contribution in [0, 0.1) is 10.1 Å². The maximum absolute atomic E-state index is 12.1. The number of hydrogen-bond donors (Lipinski definition) is 2. The molecule has 0 bridgehead atoms. The minimum Gasteiger partial charge on any atom is -0.393 e. The number of carbonyl (C=O) groups excluding carboxylic acids is 1. The molecule has 1 aromatic rings. The van der Waals surface area contributed by atoms with Gasteiger partial charge in [-0.15, -0.1) is 0 Å². The van der Waals surface area contributed by atoms with Gasteiger partial charge in [-0.1, -0.05) is 13.8 Å². The molecule has 21 heavy (non-hydrogen) atoms. The van der Waals surface area contributed by atoms with Gasteiger partial charge in [0, 0.05) is 22.9 Å². The van der Waals surface area contributed by atoms with E-state index in [1.807, 2.05) is 6.26 Å². The van der Waals surface area contributed by atoms with E-state index >= 15 is 0 Å². The number of nitro benzene ring substituents is 1. The zero-order valence-corrected chi connectivity index (χ0v) is 13.3. The van der Waals surface area contributed by atoms with Gasteiger partial charge < -0.3 is 11.1 Å². The molecule has 0 atom stereocenters. The molecule has 0 aliphatic rings. The van der Waals surface area contributed by atoms with Crippen molar-refractivity contribution in [2.45, 2.75) is 31.4 Å². The van der Waals surface area contributed by atoms with Crippen molar-refractivity contribution in [1.82, 2.24) is 5.32 Å². The molecule has 0 heterocycles. The Labute approximate surface area is 128 Å². The molecule has 0 fully saturated rings. The molecule has 0 radical (unpaired) electrons. The van der Waals surface area contributed by atoms with Crippen molar-refractivity contribution in [1.29, 1.82) is 0 Å². The van der Waals surface area contributed by atoms with E-state index in [0.717, 1.165) is 12.8 Å². The number of thioether (sulfide) groups is 1. The summed E-state index contributed by atoms with van der Waals surface area (Å²) < 4.78 is -0.00456. The monoisotopic (exact) mass is 311 g/mol. The summed E-state index contributed by atoms with van der Waals surface area (Å²) in [6.45, 7) is 4.69. The van der Waals surface area contributed by atoms with E-state index in [2.05, 4.69) is 19.2 Å². The third kappa shape index (κ3) is 4.10. The molecule has 1 aromatic carbocycles. The highest BCUT2D eigenvalue weighted by molar-refractivity contribution is 8.00.